The lowest BCUT2D eigenvalue weighted by Crippen LogP contribution is -2.24. The zero-order chi connectivity index (χ0) is 30.3. The van der Waals surface area contributed by atoms with Crippen LogP contribution in [0.15, 0.2) is 97.1 Å². The summed E-state index contributed by atoms with van der Waals surface area (Å²) in [5.41, 5.74) is 3.45. The number of carbonyl (C=O) groups is 1. The van der Waals surface area contributed by atoms with Crippen molar-refractivity contribution >= 4 is 45.5 Å². The number of carbonyl (C=O) groups excluding carboxylic acids is 1. The summed E-state index contributed by atoms with van der Waals surface area (Å²) in [7, 11) is 0. The van der Waals surface area contributed by atoms with Crippen LogP contribution >= 0.6 is 11.6 Å². The van der Waals surface area contributed by atoms with Crippen molar-refractivity contribution in [3.05, 3.63) is 108 Å². The first-order valence-corrected chi connectivity index (χ1v) is 14.2. The predicted octanol–water partition coefficient (Wildman–Crippen LogP) is 7.13. The van der Waals surface area contributed by atoms with Gasteiger partial charge in [0.05, 0.1) is 27.5 Å². The molecule has 1 fully saturated rings. The number of pyridine rings is 3. The van der Waals surface area contributed by atoms with Gasteiger partial charge in [-0.1, -0.05) is 23.2 Å². The third-order valence-corrected chi connectivity index (χ3v) is 7.16. The molecule has 11 heteroatoms. The highest BCUT2D eigenvalue weighted by atomic mass is 35.5. The highest BCUT2D eigenvalue weighted by Gasteiger charge is 2.17. The number of halogens is 1. The van der Waals surface area contributed by atoms with Crippen LogP contribution in [0, 0.1) is 11.3 Å². The first-order chi connectivity index (χ1) is 21.6. The quantitative estimate of drug-likeness (QED) is 0.158. The third-order valence-electron chi connectivity index (χ3n) is 6.86. The van der Waals surface area contributed by atoms with Gasteiger partial charge < -0.3 is 25.4 Å². The Kier molecular flexibility index (Phi) is 8.59. The number of ether oxygens (including phenoxy) is 2. The number of benzene rings is 2. The molecule has 3 N–H and O–H groups in total. The molecule has 218 valence electrons. The SMILES string of the molecule is N#Cc1cnc2cc(Oc3ccncc3)c(NC(=O)C=C3CCNCC3)cc2c1Nc1ccc(Oc2ccccn2)c(Cl)c1. The number of hydrogen-bond acceptors (Lipinski definition) is 9. The molecule has 0 atom stereocenters. The number of anilines is 3. The predicted molar refractivity (Wildman–Crippen MR) is 169 cm³/mol. The van der Waals surface area contributed by atoms with Crippen LogP contribution in [0.4, 0.5) is 17.1 Å². The number of hydrogen-bond donors (Lipinski definition) is 3. The van der Waals surface area contributed by atoms with E-state index < -0.39 is 0 Å². The molecule has 1 aliphatic rings. The maximum absolute atomic E-state index is 13.1. The Labute approximate surface area is 258 Å². The van der Waals surface area contributed by atoms with Crippen molar-refractivity contribution in [2.24, 2.45) is 0 Å². The molecular formula is C33H26ClN7O3. The Balaban J connectivity index is 1.37. The average Bonchev–Trinajstić information content (AvgIpc) is 3.04. The van der Waals surface area contributed by atoms with Gasteiger partial charge in [0.2, 0.25) is 11.8 Å². The van der Waals surface area contributed by atoms with Gasteiger partial charge in [0, 0.05) is 54.1 Å². The molecule has 2 aromatic carbocycles. The van der Waals surface area contributed by atoms with E-state index in [4.69, 9.17) is 21.1 Å². The van der Waals surface area contributed by atoms with Gasteiger partial charge in [-0.15, -0.1) is 0 Å². The maximum atomic E-state index is 13.1. The number of fused-ring (bicyclic) bond motifs is 1. The molecule has 5 aromatic rings. The number of nitrogens with zero attached hydrogens (tertiary/aromatic N) is 4. The van der Waals surface area contributed by atoms with E-state index in [2.05, 4.69) is 37.0 Å². The number of nitriles is 1. The highest BCUT2D eigenvalue weighted by molar-refractivity contribution is 6.32. The van der Waals surface area contributed by atoms with Gasteiger partial charge in [0.25, 0.3) is 0 Å². The normalized spacial score (nSPS) is 12.7. The van der Waals surface area contributed by atoms with E-state index in [1.807, 2.05) is 6.07 Å². The van der Waals surface area contributed by atoms with Crippen LogP contribution in [0.1, 0.15) is 18.4 Å². The van der Waals surface area contributed by atoms with E-state index in [0.717, 1.165) is 31.5 Å². The van der Waals surface area contributed by atoms with Gasteiger partial charge >= 0.3 is 0 Å². The van der Waals surface area contributed by atoms with Crippen LogP contribution in [0.25, 0.3) is 10.9 Å². The number of aromatic nitrogens is 3. The molecule has 1 amide bonds. The summed E-state index contributed by atoms with van der Waals surface area (Å²) in [6, 6.07) is 19.7. The van der Waals surface area contributed by atoms with Crippen molar-refractivity contribution in [3.63, 3.8) is 0 Å². The fourth-order valence-electron chi connectivity index (χ4n) is 4.73. The van der Waals surface area contributed by atoms with Crippen molar-refractivity contribution < 1.29 is 14.3 Å². The molecule has 0 spiro atoms. The standard InChI is InChI=1S/C33H26ClN7O3/c34-26-16-23(4-5-29(26)44-32-3-1-2-10-38-32)40-33-22(19-35)20-39-27-18-30(43-24-8-13-37-14-9-24)28(17-25(27)33)41-31(42)15-21-6-11-36-12-7-21/h1-5,8-10,13-18,20,36H,6-7,11-12H2,(H,39,40)(H,41,42). The van der Waals surface area contributed by atoms with Crippen molar-refractivity contribution in [1.82, 2.24) is 20.3 Å². The molecule has 1 aliphatic heterocycles. The van der Waals surface area contributed by atoms with Crippen LogP contribution < -0.4 is 25.4 Å². The average molecular weight is 604 g/mol. The van der Waals surface area contributed by atoms with E-state index in [1.54, 1.807) is 79.3 Å². The minimum absolute atomic E-state index is 0.269. The van der Waals surface area contributed by atoms with Gasteiger partial charge in [0.15, 0.2) is 5.75 Å². The van der Waals surface area contributed by atoms with E-state index in [1.165, 1.54) is 6.20 Å². The van der Waals surface area contributed by atoms with Crippen LogP contribution in [0.3, 0.4) is 0 Å². The third kappa shape index (κ3) is 6.76. The first kappa shape index (κ1) is 28.6. The Morgan fingerprint density at radius 2 is 1.82 bits per heavy atom. The minimum Gasteiger partial charge on any atom is -0.455 e. The topological polar surface area (TPSA) is 134 Å². The van der Waals surface area contributed by atoms with Crippen LogP contribution in [0.2, 0.25) is 5.02 Å². The molecule has 4 heterocycles. The van der Waals surface area contributed by atoms with E-state index >= 15 is 0 Å². The van der Waals surface area contributed by atoms with Gasteiger partial charge in [-0.2, -0.15) is 5.26 Å². The van der Waals surface area contributed by atoms with Gasteiger partial charge in [-0.05, 0) is 68.4 Å². The largest absolute Gasteiger partial charge is 0.455 e. The van der Waals surface area contributed by atoms with Crippen LogP contribution in [-0.2, 0) is 4.79 Å². The Bertz CT molecular complexity index is 1890. The van der Waals surface area contributed by atoms with E-state index in [-0.39, 0.29) is 5.91 Å². The second-order valence-electron chi connectivity index (χ2n) is 9.89. The van der Waals surface area contributed by atoms with Gasteiger partial charge in [0.1, 0.15) is 17.6 Å². The van der Waals surface area contributed by atoms with E-state index in [9.17, 15) is 10.1 Å². The summed E-state index contributed by atoms with van der Waals surface area (Å²) in [4.78, 5) is 25.9. The molecule has 6 rings (SSSR count). The zero-order valence-electron chi connectivity index (χ0n) is 23.4. The molecule has 1 saturated heterocycles. The summed E-state index contributed by atoms with van der Waals surface area (Å²) >= 11 is 6.55. The lowest BCUT2D eigenvalue weighted by Gasteiger charge is -2.17. The lowest BCUT2D eigenvalue weighted by atomic mass is 10.0. The number of rotatable bonds is 8. The molecule has 0 radical (unpaired) electrons. The molecule has 3 aromatic heterocycles. The Morgan fingerprint density at radius 1 is 0.977 bits per heavy atom. The van der Waals surface area contributed by atoms with Crippen molar-refractivity contribution in [1.29, 1.82) is 5.26 Å². The Morgan fingerprint density at radius 3 is 2.57 bits per heavy atom. The zero-order valence-corrected chi connectivity index (χ0v) is 24.1. The second kappa shape index (κ2) is 13.2. The van der Waals surface area contributed by atoms with Crippen molar-refractivity contribution in [3.8, 4) is 29.2 Å². The number of piperidine rings is 1. The fourth-order valence-corrected chi connectivity index (χ4v) is 4.95. The maximum Gasteiger partial charge on any atom is 0.248 e. The molecule has 0 saturated carbocycles. The number of amides is 1. The molecule has 0 aliphatic carbocycles. The summed E-state index contributed by atoms with van der Waals surface area (Å²) in [5, 5.41) is 20.5. The van der Waals surface area contributed by atoms with E-state index in [0.29, 0.717) is 61.7 Å². The van der Waals surface area contributed by atoms with Crippen LogP contribution in [-0.4, -0.2) is 33.9 Å². The summed E-state index contributed by atoms with van der Waals surface area (Å²) in [6.07, 6.45) is 9.61. The monoisotopic (exact) mass is 603 g/mol. The summed E-state index contributed by atoms with van der Waals surface area (Å²) in [5.74, 6) is 1.51. The molecular weight excluding hydrogens is 578 g/mol. The number of nitrogens with one attached hydrogen (secondary N) is 3. The molecule has 0 bridgehead atoms. The van der Waals surface area contributed by atoms with Gasteiger partial charge in [-0.3, -0.25) is 14.8 Å². The van der Waals surface area contributed by atoms with Crippen molar-refractivity contribution in [2.45, 2.75) is 12.8 Å². The minimum atomic E-state index is -0.269. The van der Waals surface area contributed by atoms with Crippen LogP contribution in [0.5, 0.6) is 23.1 Å². The summed E-state index contributed by atoms with van der Waals surface area (Å²) < 4.78 is 12.0. The highest BCUT2D eigenvalue weighted by Crippen LogP contribution is 2.39. The molecule has 44 heavy (non-hydrogen) atoms. The fraction of sp³-hybridized carbons (Fsp3) is 0.121. The van der Waals surface area contributed by atoms with Crippen molar-refractivity contribution in [2.75, 3.05) is 23.7 Å². The molecule has 0 unspecified atom stereocenters. The second-order valence-corrected chi connectivity index (χ2v) is 10.3. The first-order valence-electron chi connectivity index (χ1n) is 13.9. The molecule has 10 nitrogen and oxygen atoms in total. The Hall–Kier alpha value is -5.50. The lowest BCUT2D eigenvalue weighted by molar-refractivity contribution is -0.112. The summed E-state index contributed by atoms with van der Waals surface area (Å²) in [6.45, 7) is 1.67. The van der Waals surface area contributed by atoms with Gasteiger partial charge in [-0.25, -0.2) is 4.98 Å². The smallest absolute Gasteiger partial charge is 0.248 e.